The molecule has 4 atom stereocenters. The zero-order valence-corrected chi connectivity index (χ0v) is 24.2. The van der Waals surface area contributed by atoms with Crippen molar-refractivity contribution in [1.82, 2.24) is 9.80 Å². The van der Waals surface area contributed by atoms with Crippen molar-refractivity contribution in [3.8, 4) is 0 Å². The topological polar surface area (TPSA) is 62.2 Å². The Bertz CT molecular complexity index is 945. The molecule has 0 bridgehead atoms. The van der Waals surface area contributed by atoms with E-state index >= 15 is 0 Å². The van der Waals surface area contributed by atoms with Crippen molar-refractivity contribution < 1.29 is 45.7 Å². The van der Waals surface area contributed by atoms with Gasteiger partial charge in [0.2, 0.25) is 0 Å². The Balaban J connectivity index is 2.47. The van der Waals surface area contributed by atoms with Crippen molar-refractivity contribution in [3.63, 3.8) is 0 Å². The summed E-state index contributed by atoms with van der Waals surface area (Å²) in [5.41, 5.74) is -3.66. The number of hydrogen-bond acceptors (Lipinski definition) is 5. The second-order valence-corrected chi connectivity index (χ2v) is 11.9. The Kier molecular flexibility index (Phi) is 11.3. The molecular weight excluding hydrogens is 542 g/mol. The van der Waals surface area contributed by atoms with Crippen LogP contribution in [0.25, 0.3) is 0 Å². The van der Waals surface area contributed by atoms with Crippen LogP contribution >= 0.6 is 0 Å². The van der Waals surface area contributed by atoms with E-state index in [1.807, 2.05) is 20.8 Å². The lowest BCUT2D eigenvalue weighted by atomic mass is 9.85. The molecule has 1 fully saturated rings. The van der Waals surface area contributed by atoms with Crippen LogP contribution in [0.1, 0.15) is 83.9 Å². The van der Waals surface area contributed by atoms with Crippen LogP contribution in [0.3, 0.4) is 0 Å². The average molecular weight is 585 g/mol. The van der Waals surface area contributed by atoms with Crippen molar-refractivity contribution in [2.45, 2.75) is 116 Å². The van der Waals surface area contributed by atoms with Crippen LogP contribution in [-0.2, 0) is 28.4 Å². The number of methoxy groups -OCH3 is 1. The number of amides is 1. The van der Waals surface area contributed by atoms with Crippen LogP contribution in [0.2, 0.25) is 0 Å². The Labute approximate surface area is 232 Å². The summed E-state index contributed by atoms with van der Waals surface area (Å²) in [6, 6.07) is 0.416. The fourth-order valence-electron chi connectivity index (χ4n) is 5.08. The molecule has 1 aromatic carbocycles. The van der Waals surface area contributed by atoms with E-state index in [-0.39, 0.29) is 49.3 Å². The summed E-state index contributed by atoms with van der Waals surface area (Å²) < 4.78 is 91.8. The van der Waals surface area contributed by atoms with Crippen molar-refractivity contribution in [1.29, 1.82) is 0 Å². The number of benzene rings is 1. The van der Waals surface area contributed by atoms with E-state index in [1.165, 1.54) is 7.11 Å². The minimum atomic E-state index is -4.95. The summed E-state index contributed by atoms with van der Waals surface area (Å²) in [5.74, 6) is -0.0954. The molecule has 0 unspecified atom stereocenters. The summed E-state index contributed by atoms with van der Waals surface area (Å²) in [6.07, 6.45) is -9.66. The zero-order chi connectivity index (χ0) is 30.6. The van der Waals surface area contributed by atoms with E-state index in [1.54, 1.807) is 30.6 Å². The van der Waals surface area contributed by atoms with Crippen LogP contribution in [0.5, 0.6) is 0 Å². The number of alkyl halides is 6. The Morgan fingerprint density at radius 3 is 1.98 bits per heavy atom. The number of aliphatic hydroxyl groups is 1. The van der Waals surface area contributed by atoms with E-state index in [0.29, 0.717) is 19.3 Å². The molecule has 0 aliphatic carbocycles. The van der Waals surface area contributed by atoms with E-state index < -0.39 is 47.3 Å². The van der Waals surface area contributed by atoms with Gasteiger partial charge in [-0.1, -0.05) is 20.8 Å². The molecule has 0 aromatic heterocycles. The van der Waals surface area contributed by atoms with Crippen molar-refractivity contribution >= 4 is 6.09 Å². The highest BCUT2D eigenvalue weighted by Gasteiger charge is 2.43. The van der Waals surface area contributed by atoms with Gasteiger partial charge in [0.15, 0.2) is 0 Å². The van der Waals surface area contributed by atoms with Gasteiger partial charge in [-0.2, -0.15) is 26.3 Å². The normalized spacial score (nSPS) is 21.7. The van der Waals surface area contributed by atoms with Gasteiger partial charge in [-0.15, -0.1) is 0 Å². The maximum Gasteiger partial charge on any atom is 0.416 e. The summed E-state index contributed by atoms with van der Waals surface area (Å²) in [7, 11) is 1.40. The first-order valence-electron chi connectivity index (χ1n) is 13.5. The van der Waals surface area contributed by atoms with Gasteiger partial charge in [-0.05, 0) is 76.1 Å². The van der Waals surface area contributed by atoms with Crippen LogP contribution in [0.4, 0.5) is 31.1 Å². The van der Waals surface area contributed by atoms with Crippen LogP contribution in [-0.4, -0.2) is 64.7 Å². The van der Waals surface area contributed by atoms with Gasteiger partial charge in [0.1, 0.15) is 5.60 Å². The lowest BCUT2D eigenvalue weighted by Gasteiger charge is -2.48. The number of ether oxygens (including phenoxy) is 2. The molecule has 230 valence electrons. The van der Waals surface area contributed by atoms with E-state index in [4.69, 9.17) is 9.47 Å². The highest BCUT2D eigenvalue weighted by Crippen LogP contribution is 2.38. The zero-order valence-electron chi connectivity index (χ0n) is 24.2. The number of nitrogens with zero attached hydrogens (tertiary/aromatic N) is 2. The summed E-state index contributed by atoms with van der Waals surface area (Å²) in [4.78, 5) is 16.6. The summed E-state index contributed by atoms with van der Waals surface area (Å²) in [5, 5.41) is 10.7. The first kappa shape index (κ1) is 34.2. The van der Waals surface area contributed by atoms with Gasteiger partial charge in [-0.3, -0.25) is 4.90 Å². The number of aliphatic hydroxyl groups excluding tert-OH is 1. The van der Waals surface area contributed by atoms with Gasteiger partial charge < -0.3 is 19.5 Å². The van der Waals surface area contributed by atoms with Crippen LogP contribution in [0.15, 0.2) is 18.2 Å². The van der Waals surface area contributed by atoms with E-state index in [0.717, 1.165) is 12.1 Å². The first-order chi connectivity index (χ1) is 18.3. The second kappa shape index (κ2) is 13.3. The molecule has 0 saturated carbocycles. The molecule has 0 radical (unpaired) electrons. The molecule has 0 spiro atoms. The van der Waals surface area contributed by atoms with Crippen LogP contribution < -0.4 is 0 Å². The lowest BCUT2D eigenvalue weighted by Crippen LogP contribution is -2.58. The molecule has 1 N–H and O–H groups in total. The lowest BCUT2D eigenvalue weighted by molar-refractivity contribution is -0.143. The molecule has 1 heterocycles. The molecule has 6 nitrogen and oxygen atoms in total. The molecule has 12 heteroatoms. The minimum absolute atomic E-state index is 0.0510. The standard InChI is InChI=1S/C28H42F6N2O4/c1-8-21-12-22(13-23(14-24(37)17(2)3)36(21)25(38)40-26(4,5)6)35(16-39-7)15-18-9-19(27(29,30)31)11-20(10-18)28(32,33)34/h9-11,17,21-24,37H,8,12-16H2,1-7H3/t21-,22+,23-,24+/m1/s1. The molecule has 1 saturated heterocycles. The predicted octanol–water partition coefficient (Wildman–Crippen LogP) is 7.08. The van der Waals surface area contributed by atoms with Crippen molar-refractivity contribution in [3.05, 3.63) is 34.9 Å². The second-order valence-electron chi connectivity index (χ2n) is 11.9. The summed E-state index contributed by atoms with van der Waals surface area (Å²) >= 11 is 0. The number of rotatable bonds is 9. The fourth-order valence-corrected chi connectivity index (χ4v) is 5.08. The largest absolute Gasteiger partial charge is 0.444 e. The van der Waals surface area contributed by atoms with Gasteiger partial charge in [0, 0.05) is 31.8 Å². The Hall–Kier alpha value is -2.05. The summed E-state index contributed by atoms with van der Waals surface area (Å²) in [6.45, 7) is 10.6. The molecule has 2 rings (SSSR count). The molecule has 1 aromatic rings. The highest BCUT2D eigenvalue weighted by molar-refractivity contribution is 5.69. The Morgan fingerprint density at radius 2 is 1.55 bits per heavy atom. The van der Waals surface area contributed by atoms with Gasteiger partial charge in [0.25, 0.3) is 0 Å². The smallest absolute Gasteiger partial charge is 0.416 e. The van der Waals surface area contributed by atoms with E-state index in [2.05, 4.69) is 0 Å². The molecule has 1 amide bonds. The first-order valence-corrected chi connectivity index (χ1v) is 13.5. The molecular formula is C28H42F6N2O4. The van der Waals surface area contributed by atoms with Crippen molar-refractivity contribution in [2.24, 2.45) is 5.92 Å². The number of likely N-dealkylation sites (tertiary alicyclic amines) is 1. The number of carbonyl (C=O) groups excluding carboxylic acids is 1. The molecule has 1 aliphatic heterocycles. The van der Waals surface area contributed by atoms with Crippen molar-refractivity contribution in [2.75, 3.05) is 13.8 Å². The van der Waals surface area contributed by atoms with Gasteiger partial charge >= 0.3 is 18.4 Å². The van der Waals surface area contributed by atoms with Crippen LogP contribution in [0, 0.1) is 5.92 Å². The predicted molar refractivity (Wildman–Crippen MR) is 138 cm³/mol. The fraction of sp³-hybridized carbons (Fsp3) is 0.750. The molecule has 40 heavy (non-hydrogen) atoms. The monoisotopic (exact) mass is 584 g/mol. The third-order valence-electron chi connectivity index (χ3n) is 7.08. The third kappa shape index (κ3) is 9.51. The number of carbonyl (C=O) groups is 1. The maximum absolute atomic E-state index is 13.5. The quantitative estimate of drug-likeness (QED) is 0.248. The highest BCUT2D eigenvalue weighted by atomic mass is 19.4. The number of halogens is 6. The number of hydrogen-bond donors (Lipinski definition) is 1. The van der Waals surface area contributed by atoms with E-state index in [9.17, 15) is 36.2 Å². The number of piperidine rings is 1. The SMILES string of the molecule is CC[C@@H]1C[C@H](N(COC)Cc2cc(C(F)(F)F)cc(C(F)(F)F)c2)C[C@H](C[C@H](O)C(C)C)N1C(=O)OC(C)(C)C. The Morgan fingerprint density at radius 1 is 1.02 bits per heavy atom. The van der Waals surface area contributed by atoms with Gasteiger partial charge in [-0.25, -0.2) is 4.79 Å². The average Bonchev–Trinajstić information content (AvgIpc) is 2.80. The minimum Gasteiger partial charge on any atom is -0.444 e. The molecule has 1 aliphatic rings. The van der Waals surface area contributed by atoms with Gasteiger partial charge in [0.05, 0.1) is 24.0 Å². The maximum atomic E-state index is 13.5. The third-order valence-corrected chi connectivity index (χ3v) is 7.08.